The van der Waals surface area contributed by atoms with E-state index in [1.807, 2.05) is 61.2 Å². The Morgan fingerprint density at radius 3 is 1.54 bits per heavy atom. The molecule has 0 spiro atoms. The normalized spacial score (nSPS) is 13.6. The molecule has 7 rings (SSSR count). The number of likely N-dealkylation sites (tertiary alicyclic amines) is 2. The average Bonchev–Trinajstić information content (AvgIpc) is 4.08. The van der Waals surface area contributed by atoms with Gasteiger partial charge in [0, 0.05) is 68.9 Å². The van der Waals surface area contributed by atoms with Crippen LogP contribution in [0.1, 0.15) is 176 Å². The van der Waals surface area contributed by atoms with Crippen molar-refractivity contribution in [3.05, 3.63) is 161 Å². The van der Waals surface area contributed by atoms with Crippen LogP contribution in [0.25, 0.3) is 0 Å². The third-order valence-electron chi connectivity index (χ3n) is 12.2. The molecule has 68 heavy (non-hydrogen) atoms. The Balaban J connectivity index is 0.000000230. The molecule has 5 heterocycles. The van der Waals surface area contributed by atoms with E-state index < -0.39 is 0 Å². The minimum Gasteiger partial charge on any atom is -0.376 e. The van der Waals surface area contributed by atoms with Gasteiger partial charge >= 0.3 is 0 Å². The standard InChI is InChI=1S/C17H25NO.C15H23N.C11H17N.C10H15NO.C8H11N/c1-14(2)5-10-17(19)16-8-6-15(7-9-16)13-18-11-3-4-12-18;1-13(2)15-7-5-14(6-8-15)9-12-16-10-3-4-11-16;1-10(2)5-3-6-11-7-4-8-12-9-11;1-9(2)7-12-8-10-4-3-5-11-6-10;1-7(2)8-4-3-5-9-6-8/h6-9,14H,3-5,10-13H2,1-2H3;5-8,13H,3-4,9-12H2,1-2H3;4,7-10H,3,5-6H2,1-2H3;3-6,9H,7-8H2,1-2H3;3-7H,1-2H3. The molecule has 7 nitrogen and oxygen atoms in total. The Labute approximate surface area is 415 Å². The van der Waals surface area contributed by atoms with Gasteiger partial charge in [-0.3, -0.25) is 24.6 Å². The molecular weight excluding hydrogens is 835 g/mol. The second-order valence-corrected chi connectivity index (χ2v) is 20.6. The van der Waals surface area contributed by atoms with Crippen LogP contribution in [0.4, 0.5) is 0 Å². The second kappa shape index (κ2) is 34.7. The van der Waals surface area contributed by atoms with Crippen LogP contribution in [0.5, 0.6) is 0 Å². The molecule has 2 aliphatic heterocycles. The van der Waals surface area contributed by atoms with Gasteiger partial charge in [-0.2, -0.15) is 0 Å². The molecule has 5 aromatic rings. The lowest BCUT2D eigenvalue weighted by atomic mass is 10.0. The van der Waals surface area contributed by atoms with Crippen molar-refractivity contribution in [2.45, 2.75) is 158 Å². The van der Waals surface area contributed by atoms with Gasteiger partial charge in [-0.05, 0) is 159 Å². The van der Waals surface area contributed by atoms with E-state index in [1.165, 1.54) is 112 Å². The van der Waals surface area contributed by atoms with Crippen molar-refractivity contribution in [1.29, 1.82) is 0 Å². The van der Waals surface area contributed by atoms with E-state index in [0.717, 1.165) is 36.6 Å². The summed E-state index contributed by atoms with van der Waals surface area (Å²) >= 11 is 0. The van der Waals surface area contributed by atoms with Crippen LogP contribution in [0.3, 0.4) is 0 Å². The van der Waals surface area contributed by atoms with Gasteiger partial charge in [-0.25, -0.2) is 0 Å². The fraction of sp³-hybridized carbons (Fsp3) is 0.541. The number of ether oxygens (including phenoxy) is 1. The SMILES string of the molecule is CC(C)CCC(=O)c1ccc(CN2CCCC2)cc1.CC(C)CCCc1cccnc1.CC(C)COCc1cccnc1.CC(C)c1ccc(CCN2CCCC2)cc1.CC(C)c1cccnc1. The molecule has 0 N–H and O–H groups in total. The number of carbonyl (C=O) groups excluding carboxylic acids is 1. The van der Waals surface area contributed by atoms with Crippen molar-refractivity contribution in [3.8, 4) is 0 Å². The number of hydrogen-bond donors (Lipinski definition) is 0. The minimum atomic E-state index is 0.279. The predicted octanol–water partition coefficient (Wildman–Crippen LogP) is 14.9. The number of ketones is 1. The molecule has 0 atom stereocenters. The highest BCUT2D eigenvalue weighted by Crippen LogP contribution is 2.18. The topological polar surface area (TPSA) is 71.5 Å². The molecule has 0 amide bonds. The molecule has 0 saturated carbocycles. The molecule has 372 valence electrons. The number of Topliss-reactive ketones (excluding diaryl/α,β-unsaturated/α-hetero) is 1. The zero-order chi connectivity index (χ0) is 49.4. The van der Waals surface area contributed by atoms with Gasteiger partial charge in [0.25, 0.3) is 0 Å². The molecular formula is C61H91N5O2. The third-order valence-corrected chi connectivity index (χ3v) is 12.2. The zero-order valence-electron chi connectivity index (χ0n) is 44.2. The van der Waals surface area contributed by atoms with E-state index in [4.69, 9.17) is 4.74 Å². The Kier molecular flexibility index (Phi) is 29.5. The number of aryl methyl sites for hydroxylation is 1. The molecule has 0 unspecified atom stereocenters. The van der Waals surface area contributed by atoms with Crippen LogP contribution in [-0.4, -0.2) is 69.9 Å². The summed E-state index contributed by atoms with van der Waals surface area (Å²) in [5, 5.41) is 0. The summed E-state index contributed by atoms with van der Waals surface area (Å²) in [5.74, 6) is 3.54. The van der Waals surface area contributed by atoms with Crippen LogP contribution >= 0.6 is 0 Å². The Morgan fingerprint density at radius 1 is 0.529 bits per heavy atom. The fourth-order valence-corrected chi connectivity index (χ4v) is 7.80. The maximum atomic E-state index is 12.0. The summed E-state index contributed by atoms with van der Waals surface area (Å²) in [5.41, 5.74) is 8.92. The summed E-state index contributed by atoms with van der Waals surface area (Å²) in [6.45, 7) is 30.8. The first-order valence-corrected chi connectivity index (χ1v) is 26.2. The number of carbonyl (C=O) groups is 1. The van der Waals surface area contributed by atoms with Crippen molar-refractivity contribution in [3.63, 3.8) is 0 Å². The minimum absolute atomic E-state index is 0.279. The number of hydrogen-bond acceptors (Lipinski definition) is 7. The number of pyridine rings is 3. The number of rotatable bonds is 19. The Hall–Kier alpha value is -4.56. The summed E-state index contributed by atoms with van der Waals surface area (Å²) in [6.07, 6.45) is 23.2. The summed E-state index contributed by atoms with van der Waals surface area (Å²) in [6, 6.07) is 29.5. The van der Waals surface area contributed by atoms with Crippen molar-refractivity contribution in [1.82, 2.24) is 24.8 Å². The first kappa shape index (κ1) is 57.8. The molecule has 2 aromatic carbocycles. The lowest BCUT2D eigenvalue weighted by molar-refractivity contribution is 0.0969. The van der Waals surface area contributed by atoms with Crippen LogP contribution in [0.2, 0.25) is 0 Å². The summed E-state index contributed by atoms with van der Waals surface area (Å²) in [7, 11) is 0. The molecule has 2 saturated heterocycles. The molecule has 2 fully saturated rings. The fourth-order valence-electron chi connectivity index (χ4n) is 7.80. The van der Waals surface area contributed by atoms with Gasteiger partial charge in [0.05, 0.1) is 6.61 Å². The van der Waals surface area contributed by atoms with Gasteiger partial charge in [0.2, 0.25) is 0 Å². The van der Waals surface area contributed by atoms with E-state index in [9.17, 15) is 4.79 Å². The third kappa shape index (κ3) is 26.8. The maximum absolute atomic E-state index is 12.0. The largest absolute Gasteiger partial charge is 0.376 e. The molecule has 2 aliphatic rings. The number of benzene rings is 2. The summed E-state index contributed by atoms with van der Waals surface area (Å²) in [4.78, 5) is 29.1. The van der Waals surface area contributed by atoms with E-state index >= 15 is 0 Å². The highest BCUT2D eigenvalue weighted by Gasteiger charge is 2.13. The smallest absolute Gasteiger partial charge is 0.162 e. The van der Waals surface area contributed by atoms with Gasteiger partial charge in [0.1, 0.15) is 0 Å². The maximum Gasteiger partial charge on any atom is 0.162 e. The first-order chi connectivity index (χ1) is 32.8. The van der Waals surface area contributed by atoms with Gasteiger partial charge in [-0.1, -0.05) is 142 Å². The van der Waals surface area contributed by atoms with E-state index in [-0.39, 0.29) is 5.78 Å². The zero-order valence-corrected chi connectivity index (χ0v) is 44.2. The average molecular weight is 926 g/mol. The lowest BCUT2D eigenvalue weighted by Gasteiger charge is -2.14. The van der Waals surface area contributed by atoms with Crippen molar-refractivity contribution < 1.29 is 9.53 Å². The highest BCUT2D eigenvalue weighted by atomic mass is 16.5. The van der Waals surface area contributed by atoms with E-state index in [1.54, 1.807) is 12.4 Å². The van der Waals surface area contributed by atoms with Gasteiger partial charge in [0.15, 0.2) is 5.78 Å². The monoisotopic (exact) mass is 926 g/mol. The van der Waals surface area contributed by atoms with E-state index in [2.05, 4.69) is 143 Å². The molecule has 0 aliphatic carbocycles. The van der Waals surface area contributed by atoms with Crippen LogP contribution in [0.15, 0.2) is 122 Å². The van der Waals surface area contributed by atoms with E-state index in [0.29, 0.717) is 36.7 Å². The molecule has 7 heteroatoms. The first-order valence-electron chi connectivity index (χ1n) is 26.2. The number of aromatic nitrogens is 3. The van der Waals surface area contributed by atoms with Gasteiger partial charge in [-0.15, -0.1) is 0 Å². The lowest BCUT2D eigenvalue weighted by Crippen LogP contribution is -2.21. The van der Waals surface area contributed by atoms with Crippen molar-refractivity contribution in [2.24, 2.45) is 17.8 Å². The Morgan fingerprint density at radius 2 is 1.06 bits per heavy atom. The molecule has 0 radical (unpaired) electrons. The van der Waals surface area contributed by atoms with Gasteiger partial charge < -0.3 is 9.64 Å². The van der Waals surface area contributed by atoms with Crippen LogP contribution < -0.4 is 0 Å². The summed E-state index contributed by atoms with van der Waals surface area (Å²) < 4.78 is 5.44. The second-order valence-electron chi connectivity index (χ2n) is 20.6. The Bertz CT molecular complexity index is 1910. The van der Waals surface area contributed by atoms with Crippen LogP contribution in [0, 0.1) is 17.8 Å². The quantitative estimate of drug-likeness (QED) is 0.0764. The predicted molar refractivity (Wildman–Crippen MR) is 288 cm³/mol. The molecule has 0 bridgehead atoms. The molecule has 3 aromatic heterocycles. The number of nitrogens with zero attached hydrogens (tertiary/aromatic N) is 5. The van der Waals surface area contributed by atoms with Crippen molar-refractivity contribution in [2.75, 3.05) is 39.3 Å². The van der Waals surface area contributed by atoms with Crippen molar-refractivity contribution >= 4 is 5.78 Å². The highest BCUT2D eigenvalue weighted by molar-refractivity contribution is 5.96. The van der Waals surface area contributed by atoms with Crippen LogP contribution in [-0.2, 0) is 30.7 Å².